The minimum Gasteiger partial charge on any atom is -0.496 e. The molecule has 0 atom stereocenters. The van der Waals surface area contributed by atoms with Crippen molar-refractivity contribution in [1.82, 2.24) is 9.38 Å². The SMILES string of the molecule is COc1ccccc1/C=C(/C(=O)OCc1cc(=O)n2ccccc2n1)c1ccccc1. The third-order valence-electron chi connectivity index (χ3n) is 4.72. The molecule has 0 unspecified atom stereocenters. The lowest BCUT2D eigenvalue weighted by atomic mass is 10.0. The lowest BCUT2D eigenvalue weighted by molar-refractivity contribution is -0.137. The molecule has 0 aliphatic carbocycles. The van der Waals surface area contributed by atoms with Gasteiger partial charge in [0.2, 0.25) is 0 Å². The van der Waals surface area contributed by atoms with E-state index < -0.39 is 5.97 Å². The Kier molecular flexibility index (Phi) is 5.89. The third-order valence-corrected chi connectivity index (χ3v) is 4.72. The lowest BCUT2D eigenvalue weighted by Gasteiger charge is -2.11. The van der Waals surface area contributed by atoms with E-state index in [1.807, 2.05) is 54.6 Å². The normalized spacial score (nSPS) is 11.3. The standard InChI is InChI=1S/C25H20N2O4/c1-30-22-12-6-5-11-19(22)15-21(18-9-3-2-4-10-18)25(29)31-17-20-16-24(28)27-14-8-7-13-23(27)26-20/h2-16H,17H2,1H3/b21-15+. The van der Waals surface area contributed by atoms with Crippen molar-refractivity contribution in [3.05, 3.63) is 112 Å². The molecular weight excluding hydrogens is 392 g/mol. The summed E-state index contributed by atoms with van der Waals surface area (Å²) in [5.41, 5.74) is 2.49. The molecule has 154 valence electrons. The second-order valence-corrected chi connectivity index (χ2v) is 6.76. The van der Waals surface area contributed by atoms with Gasteiger partial charge in [0.25, 0.3) is 5.56 Å². The van der Waals surface area contributed by atoms with Crippen LogP contribution >= 0.6 is 0 Å². The fourth-order valence-corrected chi connectivity index (χ4v) is 3.21. The summed E-state index contributed by atoms with van der Waals surface area (Å²) < 4.78 is 12.4. The monoisotopic (exact) mass is 412 g/mol. The molecule has 4 aromatic rings. The average molecular weight is 412 g/mol. The molecule has 0 aliphatic rings. The Labute approximate surface area is 179 Å². The van der Waals surface area contributed by atoms with Crippen LogP contribution in [0.4, 0.5) is 0 Å². The summed E-state index contributed by atoms with van der Waals surface area (Å²) in [5, 5.41) is 0. The van der Waals surface area contributed by atoms with Crippen molar-refractivity contribution in [2.45, 2.75) is 6.61 Å². The van der Waals surface area contributed by atoms with Gasteiger partial charge in [-0.1, -0.05) is 54.6 Å². The van der Waals surface area contributed by atoms with E-state index in [0.29, 0.717) is 28.2 Å². The number of ether oxygens (including phenoxy) is 2. The number of hydrogen-bond acceptors (Lipinski definition) is 5. The summed E-state index contributed by atoms with van der Waals surface area (Å²) in [4.78, 5) is 29.7. The molecule has 6 nitrogen and oxygen atoms in total. The van der Waals surface area contributed by atoms with Crippen LogP contribution < -0.4 is 10.3 Å². The number of hydrogen-bond donors (Lipinski definition) is 0. The second kappa shape index (κ2) is 9.09. The summed E-state index contributed by atoms with van der Waals surface area (Å²) >= 11 is 0. The van der Waals surface area contributed by atoms with Crippen LogP contribution in [0.5, 0.6) is 5.75 Å². The highest BCUT2D eigenvalue weighted by Crippen LogP contribution is 2.25. The van der Waals surface area contributed by atoms with Gasteiger partial charge in [-0.15, -0.1) is 0 Å². The molecule has 0 aliphatic heterocycles. The molecule has 31 heavy (non-hydrogen) atoms. The van der Waals surface area contributed by atoms with E-state index in [-0.39, 0.29) is 12.2 Å². The molecule has 0 saturated carbocycles. The summed E-state index contributed by atoms with van der Waals surface area (Å²) in [6, 6.07) is 23.3. The van der Waals surface area contributed by atoms with E-state index in [0.717, 1.165) is 5.56 Å². The summed E-state index contributed by atoms with van der Waals surface area (Å²) in [7, 11) is 1.58. The Hall–Kier alpha value is -4.19. The van der Waals surface area contributed by atoms with Crippen molar-refractivity contribution < 1.29 is 14.3 Å². The van der Waals surface area contributed by atoms with Gasteiger partial charge in [0.1, 0.15) is 18.0 Å². The molecule has 0 N–H and O–H groups in total. The van der Waals surface area contributed by atoms with E-state index in [1.54, 1.807) is 37.6 Å². The number of carbonyl (C=O) groups excluding carboxylic acids is 1. The number of aromatic nitrogens is 2. The first-order valence-electron chi connectivity index (χ1n) is 9.70. The zero-order valence-corrected chi connectivity index (χ0v) is 16.9. The highest BCUT2D eigenvalue weighted by molar-refractivity contribution is 6.21. The van der Waals surface area contributed by atoms with Gasteiger partial charge in [0, 0.05) is 17.8 Å². The number of pyridine rings is 1. The zero-order chi connectivity index (χ0) is 21.6. The van der Waals surface area contributed by atoms with Crippen LogP contribution in [0.15, 0.2) is 89.9 Å². The Morgan fingerprint density at radius 3 is 2.55 bits per heavy atom. The van der Waals surface area contributed by atoms with E-state index in [4.69, 9.17) is 9.47 Å². The number of nitrogens with zero attached hydrogens (tertiary/aromatic N) is 2. The number of rotatable bonds is 6. The quantitative estimate of drug-likeness (QED) is 0.272. The molecule has 2 heterocycles. The third kappa shape index (κ3) is 4.53. The number of benzene rings is 2. The minimum atomic E-state index is -0.521. The maximum absolute atomic E-state index is 13.0. The second-order valence-electron chi connectivity index (χ2n) is 6.76. The van der Waals surface area contributed by atoms with Crippen molar-refractivity contribution in [3.63, 3.8) is 0 Å². The highest BCUT2D eigenvalue weighted by Gasteiger charge is 2.16. The fraction of sp³-hybridized carbons (Fsp3) is 0.0800. The molecule has 0 spiro atoms. The predicted molar refractivity (Wildman–Crippen MR) is 119 cm³/mol. The molecule has 0 bridgehead atoms. The Morgan fingerprint density at radius 1 is 1.00 bits per heavy atom. The van der Waals surface area contributed by atoms with Crippen molar-refractivity contribution in [2.75, 3.05) is 7.11 Å². The van der Waals surface area contributed by atoms with Gasteiger partial charge in [-0.05, 0) is 29.8 Å². The van der Waals surface area contributed by atoms with Gasteiger partial charge in [-0.3, -0.25) is 9.20 Å². The van der Waals surface area contributed by atoms with Gasteiger partial charge >= 0.3 is 5.97 Å². The van der Waals surface area contributed by atoms with E-state index >= 15 is 0 Å². The van der Waals surface area contributed by atoms with Crippen LogP contribution in [-0.2, 0) is 16.1 Å². The maximum Gasteiger partial charge on any atom is 0.339 e. The molecule has 6 heteroatoms. The van der Waals surface area contributed by atoms with Gasteiger partial charge in [-0.2, -0.15) is 0 Å². The Bertz CT molecular complexity index is 1310. The average Bonchev–Trinajstić information content (AvgIpc) is 2.82. The van der Waals surface area contributed by atoms with Crippen LogP contribution in [0.1, 0.15) is 16.8 Å². The molecule has 4 rings (SSSR count). The summed E-state index contributed by atoms with van der Waals surface area (Å²) in [6.45, 7) is -0.116. The van der Waals surface area contributed by atoms with Crippen LogP contribution in [-0.4, -0.2) is 22.5 Å². The number of methoxy groups -OCH3 is 1. The van der Waals surface area contributed by atoms with Crippen LogP contribution in [0.2, 0.25) is 0 Å². The Morgan fingerprint density at radius 2 is 1.74 bits per heavy atom. The molecule has 0 radical (unpaired) electrons. The van der Waals surface area contributed by atoms with Gasteiger partial charge in [-0.25, -0.2) is 9.78 Å². The molecule has 0 amide bonds. The summed E-state index contributed by atoms with van der Waals surface area (Å²) in [6.07, 6.45) is 3.38. The van der Waals surface area contributed by atoms with Crippen LogP contribution in [0.25, 0.3) is 17.3 Å². The van der Waals surface area contributed by atoms with E-state index in [9.17, 15) is 9.59 Å². The zero-order valence-electron chi connectivity index (χ0n) is 16.9. The molecule has 0 fully saturated rings. The molecular formula is C25H20N2O4. The minimum absolute atomic E-state index is 0.116. The van der Waals surface area contributed by atoms with Gasteiger partial charge in [0.15, 0.2) is 0 Å². The maximum atomic E-state index is 13.0. The Balaban J connectivity index is 1.64. The first-order valence-corrected chi connectivity index (χ1v) is 9.70. The molecule has 0 saturated heterocycles. The van der Waals surface area contributed by atoms with Crippen molar-refractivity contribution in [1.29, 1.82) is 0 Å². The molecule has 2 aromatic carbocycles. The van der Waals surface area contributed by atoms with Crippen molar-refractivity contribution in [3.8, 4) is 5.75 Å². The van der Waals surface area contributed by atoms with Crippen LogP contribution in [0, 0.1) is 0 Å². The van der Waals surface area contributed by atoms with Gasteiger partial charge in [0.05, 0.1) is 18.4 Å². The number of esters is 1. The smallest absolute Gasteiger partial charge is 0.339 e. The lowest BCUT2D eigenvalue weighted by Crippen LogP contribution is -2.16. The predicted octanol–water partition coefficient (Wildman–Crippen LogP) is 3.99. The largest absolute Gasteiger partial charge is 0.496 e. The van der Waals surface area contributed by atoms with E-state index in [2.05, 4.69) is 4.98 Å². The van der Waals surface area contributed by atoms with Crippen LogP contribution in [0.3, 0.4) is 0 Å². The number of fused-ring (bicyclic) bond motifs is 1. The number of para-hydroxylation sites is 1. The van der Waals surface area contributed by atoms with Crippen molar-refractivity contribution >= 4 is 23.3 Å². The number of carbonyl (C=O) groups is 1. The highest BCUT2D eigenvalue weighted by atomic mass is 16.5. The van der Waals surface area contributed by atoms with E-state index in [1.165, 1.54) is 10.5 Å². The van der Waals surface area contributed by atoms with Gasteiger partial charge < -0.3 is 9.47 Å². The first-order chi connectivity index (χ1) is 15.2. The van der Waals surface area contributed by atoms with Crippen molar-refractivity contribution in [2.24, 2.45) is 0 Å². The fourth-order valence-electron chi connectivity index (χ4n) is 3.21. The molecule has 2 aromatic heterocycles. The topological polar surface area (TPSA) is 69.9 Å². The summed E-state index contributed by atoms with van der Waals surface area (Å²) in [5.74, 6) is 0.125. The first kappa shape index (κ1) is 20.1.